The number of rotatable bonds is 5. The SMILES string of the molecule is Cc1cc(N[C@H](C(=O)NC2CC2)c2ccccc2)ccc1Br. The Kier molecular flexibility index (Phi) is 4.48. The number of hydrogen-bond donors (Lipinski definition) is 2. The van der Waals surface area contributed by atoms with Crippen molar-refractivity contribution in [1.82, 2.24) is 5.32 Å². The topological polar surface area (TPSA) is 41.1 Å². The van der Waals surface area contributed by atoms with Crippen molar-refractivity contribution in [3.63, 3.8) is 0 Å². The average Bonchev–Trinajstić information content (AvgIpc) is 3.33. The minimum absolute atomic E-state index is 0.0364. The molecule has 1 amide bonds. The first-order chi connectivity index (χ1) is 10.6. The fraction of sp³-hybridized carbons (Fsp3) is 0.278. The second kappa shape index (κ2) is 6.53. The van der Waals surface area contributed by atoms with Gasteiger partial charge in [0, 0.05) is 16.2 Å². The van der Waals surface area contributed by atoms with Crippen LogP contribution in [0.15, 0.2) is 53.0 Å². The van der Waals surface area contributed by atoms with Crippen LogP contribution in [0.1, 0.15) is 30.0 Å². The van der Waals surface area contributed by atoms with E-state index in [1.807, 2.05) is 55.5 Å². The Hall–Kier alpha value is -1.81. The third-order valence-corrected chi connectivity index (χ3v) is 4.68. The Morgan fingerprint density at radius 2 is 1.91 bits per heavy atom. The standard InChI is InChI=1S/C18H19BrN2O/c1-12-11-15(9-10-16(12)19)20-17(13-5-3-2-4-6-13)18(22)21-14-7-8-14/h2-6,9-11,14,17,20H,7-8H2,1H3,(H,21,22)/t17-/m0/s1. The maximum absolute atomic E-state index is 12.6. The van der Waals surface area contributed by atoms with Crippen molar-refractivity contribution in [2.45, 2.75) is 31.8 Å². The van der Waals surface area contributed by atoms with E-state index in [0.29, 0.717) is 6.04 Å². The third-order valence-electron chi connectivity index (χ3n) is 3.79. The summed E-state index contributed by atoms with van der Waals surface area (Å²) in [6.45, 7) is 2.04. The molecule has 0 aliphatic heterocycles. The summed E-state index contributed by atoms with van der Waals surface area (Å²) in [6.07, 6.45) is 2.18. The van der Waals surface area contributed by atoms with E-state index in [1.54, 1.807) is 0 Å². The van der Waals surface area contributed by atoms with Crippen LogP contribution in [0.3, 0.4) is 0 Å². The lowest BCUT2D eigenvalue weighted by atomic mass is 10.1. The monoisotopic (exact) mass is 358 g/mol. The van der Waals surface area contributed by atoms with Crippen LogP contribution >= 0.6 is 15.9 Å². The molecule has 2 aromatic carbocycles. The van der Waals surface area contributed by atoms with Crippen molar-refractivity contribution in [1.29, 1.82) is 0 Å². The van der Waals surface area contributed by atoms with Crippen LogP contribution in [0.4, 0.5) is 5.69 Å². The maximum atomic E-state index is 12.6. The van der Waals surface area contributed by atoms with E-state index in [1.165, 1.54) is 0 Å². The fourth-order valence-corrected chi connectivity index (χ4v) is 2.61. The molecule has 1 saturated carbocycles. The highest BCUT2D eigenvalue weighted by atomic mass is 79.9. The second-order valence-corrected chi connectivity index (χ2v) is 6.59. The first-order valence-electron chi connectivity index (χ1n) is 7.51. The van der Waals surface area contributed by atoms with Crippen molar-refractivity contribution >= 4 is 27.5 Å². The van der Waals surface area contributed by atoms with Gasteiger partial charge in [0.25, 0.3) is 0 Å². The minimum Gasteiger partial charge on any atom is -0.370 e. The quantitative estimate of drug-likeness (QED) is 0.841. The molecule has 1 atom stereocenters. The number of carbonyl (C=O) groups excluding carboxylic acids is 1. The number of aryl methyl sites for hydroxylation is 1. The van der Waals surface area contributed by atoms with Gasteiger partial charge in [-0.25, -0.2) is 0 Å². The molecule has 3 nitrogen and oxygen atoms in total. The van der Waals surface area contributed by atoms with Gasteiger partial charge in [0.1, 0.15) is 6.04 Å². The minimum atomic E-state index is -0.373. The van der Waals surface area contributed by atoms with Gasteiger partial charge in [0.15, 0.2) is 0 Å². The lowest BCUT2D eigenvalue weighted by Crippen LogP contribution is -2.34. The molecule has 0 aromatic heterocycles. The molecule has 3 rings (SSSR count). The van der Waals surface area contributed by atoms with Crippen LogP contribution in [0.2, 0.25) is 0 Å². The van der Waals surface area contributed by atoms with Gasteiger partial charge >= 0.3 is 0 Å². The van der Waals surface area contributed by atoms with Crippen molar-refractivity contribution in [2.75, 3.05) is 5.32 Å². The zero-order valence-corrected chi connectivity index (χ0v) is 14.1. The number of amides is 1. The Morgan fingerprint density at radius 1 is 1.18 bits per heavy atom. The summed E-state index contributed by atoms with van der Waals surface area (Å²) in [6, 6.07) is 15.9. The number of hydrogen-bond acceptors (Lipinski definition) is 2. The number of nitrogens with one attached hydrogen (secondary N) is 2. The molecule has 0 heterocycles. The summed E-state index contributed by atoms with van der Waals surface area (Å²) in [4.78, 5) is 12.6. The molecular formula is C18H19BrN2O. The highest BCUT2D eigenvalue weighted by Gasteiger charge is 2.28. The smallest absolute Gasteiger partial charge is 0.247 e. The molecule has 0 saturated heterocycles. The van der Waals surface area contributed by atoms with Crippen LogP contribution in [0.5, 0.6) is 0 Å². The predicted octanol–water partition coefficient (Wildman–Crippen LogP) is 4.19. The van der Waals surface area contributed by atoms with Gasteiger partial charge in [-0.1, -0.05) is 46.3 Å². The highest BCUT2D eigenvalue weighted by Crippen LogP contribution is 2.26. The van der Waals surface area contributed by atoms with Gasteiger partial charge in [-0.3, -0.25) is 4.79 Å². The fourth-order valence-electron chi connectivity index (χ4n) is 2.36. The van der Waals surface area contributed by atoms with Gasteiger partial charge in [0.05, 0.1) is 0 Å². The van der Waals surface area contributed by atoms with Gasteiger partial charge in [-0.05, 0) is 49.1 Å². The van der Waals surface area contributed by atoms with Gasteiger partial charge in [-0.15, -0.1) is 0 Å². The summed E-state index contributed by atoms with van der Waals surface area (Å²) in [5.41, 5.74) is 3.06. The zero-order chi connectivity index (χ0) is 15.5. The average molecular weight is 359 g/mol. The molecule has 4 heteroatoms. The first kappa shape index (κ1) is 15.1. The summed E-state index contributed by atoms with van der Waals surface area (Å²) < 4.78 is 1.07. The molecule has 0 radical (unpaired) electrons. The number of benzene rings is 2. The van der Waals surface area contributed by atoms with Crippen LogP contribution < -0.4 is 10.6 Å². The molecule has 0 spiro atoms. The van der Waals surface area contributed by atoms with E-state index in [9.17, 15) is 4.79 Å². The molecule has 1 aliphatic carbocycles. The van der Waals surface area contributed by atoms with Crippen molar-refractivity contribution in [2.24, 2.45) is 0 Å². The molecule has 1 fully saturated rings. The van der Waals surface area contributed by atoms with E-state index >= 15 is 0 Å². The van der Waals surface area contributed by atoms with E-state index in [0.717, 1.165) is 34.1 Å². The molecule has 0 unspecified atom stereocenters. The van der Waals surface area contributed by atoms with Crippen LogP contribution in [0, 0.1) is 6.92 Å². The third kappa shape index (κ3) is 3.69. The van der Waals surface area contributed by atoms with Gasteiger partial charge < -0.3 is 10.6 Å². The Labute approximate surface area is 139 Å². The van der Waals surface area contributed by atoms with Gasteiger partial charge in [0.2, 0.25) is 5.91 Å². The van der Waals surface area contributed by atoms with Gasteiger partial charge in [-0.2, -0.15) is 0 Å². The van der Waals surface area contributed by atoms with E-state index < -0.39 is 0 Å². The molecular weight excluding hydrogens is 340 g/mol. The van der Waals surface area contributed by atoms with Crippen LogP contribution in [0.25, 0.3) is 0 Å². The molecule has 114 valence electrons. The normalized spacial score (nSPS) is 15.2. The molecule has 2 aromatic rings. The molecule has 0 bridgehead atoms. The highest BCUT2D eigenvalue weighted by molar-refractivity contribution is 9.10. The van der Waals surface area contributed by atoms with Crippen molar-refractivity contribution in [3.8, 4) is 0 Å². The van der Waals surface area contributed by atoms with Crippen LogP contribution in [-0.2, 0) is 4.79 Å². The molecule has 1 aliphatic rings. The first-order valence-corrected chi connectivity index (χ1v) is 8.31. The van der Waals surface area contributed by atoms with Crippen molar-refractivity contribution in [3.05, 3.63) is 64.1 Å². The number of halogens is 1. The van der Waals surface area contributed by atoms with Crippen molar-refractivity contribution < 1.29 is 4.79 Å². The lowest BCUT2D eigenvalue weighted by molar-refractivity contribution is -0.122. The summed E-state index contributed by atoms with van der Waals surface area (Å²) in [7, 11) is 0. The van der Waals surface area contributed by atoms with Crippen LogP contribution in [-0.4, -0.2) is 11.9 Å². The zero-order valence-electron chi connectivity index (χ0n) is 12.5. The number of carbonyl (C=O) groups is 1. The lowest BCUT2D eigenvalue weighted by Gasteiger charge is -2.20. The van der Waals surface area contributed by atoms with E-state index in [4.69, 9.17) is 0 Å². The van der Waals surface area contributed by atoms with E-state index in [2.05, 4.69) is 26.6 Å². The largest absolute Gasteiger partial charge is 0.370 e. The van der Waals surface area contributed by atoms with E-state index in [-0.39, 0.29) is 11.9 Å². The molecule has 2 N–H and O–H groups in total. The molecule has 22 heavy (non-hydrogen) atoms. The summed E-state index contributed by atoms with van der Waals surface area (Å²) in [5.74, 6) is 0.0364. The number of anilines is 1. The second-order valence-electron chi connectivity index (χ2n) is 5.73. The Bertz CT molecular complexity index is 668. The Morgan fingerprint density at radius 3 is 2.55 bits per heavy atom. The summed E-state index contributed by atoms with van der Waals surface area (Å²) in [5, 5.41) is 6.45. The Balaban J connectivity index is 1.83. The summed E-state index contributed by atoms with van der Waals surface area (Å²) >= 11 is 3.50. The maximum Gasteiger partial charge on any atom is 0.247 e. The predicted molar refractivity (Wildman–Crippen MR) is 92.8 cm³/mol.